The molecule has 0 saturated carbocycles. The Labute approximate surface area is 104 Å². The van der Waals surface area contributed by atoms with Gasteiger partial charge in [0.15, 0.2) is 0 Å². The summed E-state index contributed by atoms with van der Waals surface area (Å²) in [5.74, 6) is 0.748. The maximum Gasteiger partial charge on any atom is 0.0495 e. The molecule has 1 heterocycles. The van der Waals surface area contributed by atoms with E-state index in [1.165, 1.54) is 24.0 Å². The summed E-state index contributed by atoms with van der Waals surface area (Å²) in [6, 6.07) is 9.45. The summed E-state index contributed by atoms with van der Waals surface area (Å²) in [7, 11) is 2.06. The van der Waals surface area contributed by atoms with Crippen molar-refractivity contribution in [3.05, 3.63) is 35.4 Å². The first-order valence-corrected chi connectivity index (χ1v) is 6.58. The van der Waals surface area contributed by atoms with Crippen LogP contribution in [-0.2, 0) is 11.2 Å². The normalized spacial score (nSPS) is 21.6. The minimum Gasteiger partial charge on any atom is -0.381 e. The Hall–Kier alpha value is -0.860. The molecule has 1 aromatic rings. The van der Waals surface area contributed by atoms with Crippen molar-refractivity contribution >= 4 is 0 Å². The molecule has 2 unspecified atom stereocenters. The Morgan fingerprint density at radius 3 is 2.71 bits per heavy atom. The lowest BCUT2D eigenvalue weighted by molar-refractivity contribution is 0.181. The molecule has 1 aromatic carbocycles. The van der Waals surface area contributed by atoms with Gasteiger partial charge in [-0.1, -0.05) is 29.8 Å². The maximum atomic E-state index is 5.44. The van der Waals surface area contributed by atoms with Crippen molar-refractivity contribution in [3.63, 3.8) is 0 Å². The summed E-state index contributed by atoms with van der Waals surface area (Å²) in [5, 5.41) is 3.44. The average Bonchev–Trinajstić information content (AvgIpc) is 2.84. The minimum atomic E-state index is 0.574. The van der Waals surface area contributed by atoms with E-state index < -0.39 is 0 Å². The Morgan fingerprint density at radius 2 is 2.12 bits per heavy atom. The molecule has 17 heavy (non-hydrogen) atoms. The first kappa shape index (κ1) is 12.6. The summed E-state index contributed by atoms with van der Waals surface area (Å²) in [4.78, 5) is 0. The SMILES string of the molecule is CNC(Cc1ccc(C)cc1)CC1CCOC1. The molecule has 1 aliphatic rings. The zero-order valence-corrected chi connectivity index (χ0v) is 10.9. The second-order valence-electron chi connectivity index (χ2n) is 5.14. The van der Waals surface area contributed by atoms with E-state index in [4.69, 9.17) is 4.74 Å². The lowest BCUT2D eigenvalue weighted by atomic mass is 9.94. The third-order valence-electron chi connectivity index (χ3n) is 3.65. The number of aryl methyl sites for hydroxylation is 1. The largest absolute Gasteiger partial charge is 0.381 e. The molecule has 0 spiro atoms. The summed E-state index contributed by atoms with van der Waals surface area (Å²) < 4.78 is 5.44. The van der Waals surface area contributed by atoms with Crippen LogP contribution in [0.4, 0.5) is 0 Å². The molecule has 1 aliphatic heterocycles. The second-order valence-corrected chi connectivity index (χ2v) is 5.14. The van der Waals surface area contributed by atoms with Crippen molar-refractivity contribution < 1.29 is 4.74 Å². The van der Waals surface area contributed by atoms with Crippen LogP contribution < -0.4 is 5.32 Å². The number of rotatable bonds is 5. The molecule has 0 bridgehead atoms. The molecule has 0 amide bonds. The second kappa shape index (κ2) is 6.18. The zero-order chi connectivity index (χ0) is 12.1. The summed E-state index contributed by atoms with van der Waals surface area (Å²) in [6.07, 6.45) is 3.57. The van der Waals surface area contributed by atoms with Crippen molar-refractivity contribution in [1.29, 1.82) is 0 Å². The van der Waals surface area contributed by atoms with Crippen molar-refractivity contribution in [2.45, 2.75) is 32.2 Å². The maximum absolute atomic E-state index is 5.44. The van der Waals surface area contributed by atoms with E-state index >= 15 is 0 Å². The van der Waals surface area contributed by atoms with Crippen LogP contribution in [0.2, 0.25) is 0 Å². The Balaban J connectivity index is 1.87. The van der Waals surface area contributed by atoms with Gasteiger partial charge in [-0.05, 0) is 44.7 Å². The number of nitrogens with one attached hydrogen (secondary N) is 1. The Bertz CT molecular complexity index is 327. The minimum absolute atomic E-state index is 0.574. The number of benzene rings is 1. The van der Waals surface area contributed by atoms with Crippen LogP contribution in [0.15, 0.2) is 24.3 Å². The fourth-order valence-electron chi connectivity index (χ4n) is 2.48. The molecule has 0 aromatic heterocycles. The number of hydrogen-bond acceptors (Lipinski definition) is 2. The lowest BCUT2D eigenvalue weighted by Gasteiger charge is -2.19. The van der Waals surface area contributed by atoms with Crippen LogP contribution in [0.3, 0.4) is 0 Å². The van der Waals surface area contributed by atoms with Crippen LogP contribution in [0.25, 0.3) is 0 Å². The molecule has 2 rings (SSSR count). The van der Waals surface area contributed by atoms with Gasteiger partial charge in [-0.15, -0.1) is 0 Å². The average molecular weight is 233 g/mol. The molecule has 2 nitrogen and oxygen atoms in total. The van der Waals surface area contributed by atoms with E-state index in [2.05, 4.69) is 43.6 Å². The lowest BCUT2D eigenvalue weighted by Crippen LogP contribution is -2.30. The van der Waals surface area contributed by atoms with Gasteiger partial charge in [-0.2, -0.15) is 0 Å². The van der Waals surface area contributed by atoms with Crippen LogP contribution in [0.5, 0.6) is 0 Å². The predicted octanol–water partition coefficient (Wildman–Crippen LogP) is 2.55. The monoisotopic (exact) mass is 233 g/mol. The van der Waals surface area contributed by atoms with Crippen LogP contribution in [-0.4, -0.2) is 26.3 Å². The summed E-state index contributed by atoms with van der Waals surface area (Å²) >= 11 is 0. The van der Waals surface area contributed by atoms with Gasteiger partial charge in [0.05, 0.1) is 0 Å². The van der Waals surface area contributed by atoms with Gasteiger partial charge < -0.3 is 10.1 Å². The van der Waals surface area contributed by atoms with Crippen LogP contribution in [0, 0.1) is 12.8 Å². The molecule has 94 valence electrons. The van der Waals surface area contributed by atoms with Gasteiger partial charge >= 0.3 is 0 Å². The first-order valence-electron chi connectivity index (χ1n) is 6.58. The molecule has 1 N–H and O–H groups in total. The highest BCUT2D eigenvalue weighted by Crippen LogP contribution is 2.20. The highest BCUT2D eigenvalue weighted by Gasteiger charge is 2.19. The van der Waals surface area contributed by atoms with Crippen molar-refractivity contribution in [1.82, 2.24) is 5.32 Å². The van der Waals surface area contributed by atoms with Gasteiger partial charge in [-0.25, -0.2) is 0 Å². The van der Waals surface area contributed by atoms with Crippen molar-refractivity contribution in [3.8, 4) is 0 Å². The van der Waals surface area contributed by atoms with Gasteiger partial charge in [0.25, 0.3) is 0 Å². The molecule has 1 fully saturated rings. The number of hydrogen-bond donors (Lipinski definition) is 1. The fourth-order valence-corrected chi connectivity index (χ4v) is 2.48. The number of ether oxygens (including phenoxy) is 1. The Morgan fingerprint density at radius 1 is 1.35 bits per heavy atom. The smallest absolute Gasteiger partial charge is 0.0495 e. The highest BCUT2D eigenvalue weighted by molar-refractivity contribution is 5.22. The van der Waals surface area contributed by atoms with Gasteiger partial charge in [0, 0.05) is 19.3 Å². The third-order valence-corrected chi connectivity index (χ3v) is 3.65. The summed E-state index contributed by atoms with van der Waals surface area (Å²) in [5.41, 5.74) is 2.76. The first-order chi connectivity index (χ1) is 8.28. The molecule has 2 heteroatoms. The van der Waals surface area contributed by atoms with E-state index in [-0.39, 0.29) is 0 Å². The van der Waals surface area contributed by atoms with E-state index in [9.17, 15) is 0 Å². The molecule has 1 saturated heterocycles. The van der Waals surface area contributed by atoms with Crippen LogP contribution >= 0.6 is 0 Å². The van der Waals surface area contributed by atoms with E-state index in [1.54, 1.807) is 0 Å². The van der Waals surface area contributed by atoms with Crippen LogP contribution in [0.1, 0.15) is 24.0 Å². The van der Waals surface area contributed by atoms with E-state index in [1.807, 2.05) is 0 Å². The standard InChI is InChI=1S/C15H23NO/c1-12-3-5-13(6-4-12)9-15(16-2)10-14-7-8-17-11-14/h3-6,14-16H,7-11H2,1-2H3. The molecular formula is C15H23NO. The fraction of sp³-hybridized carbons (Fsp3) is 0.600. The predicted molar refractivity (Wildman–Crippen MR) is 71.3 cm³/mol. The van der Waals surface area contributed by atoms with Crippen molar-refractivity contribution in [2.75, 3.05) is 20.3 Å². The van der Waals surface area contributed by atoms with Gasteiger partial charge in [-0.3, -0.25) is 0 Å². The molecule has 2 atom stereocenters. The van der Waals surface area contributed by atoms with E-state index in [0.717, 1.165) is 25.6 Å². The quantitative estimate of drug-likeness (QED) is 0.844. The van der Waals surface area contributed by atoms with Gasteiger partial charge in [0.1, 0.15) is 0 Å². The topological polar surface area (TPSA) is 21.3 Å². The molecule has 0 radical (unpaired) electrons. The number of likely N-dealkylation sites (N-methyl/N-ethyl adjacent to an activating group) is 1. The summed E-state index contributed by atoms with van der Waals surface area (Å²) in [6.45, 7) is 4.03. The van der Waals surface area contributed by atoms with Crippen molar-refractivity contribution in [2.24, 2.45) is 5.92 Å². The molecular weight excluding hydrogens is 210 g/mol. The van der Waals surface area contributed by atoms with Gasteiger partial charge in [0.2, 0.25) is 0 Å². The Kier molecular flexibility index (Phi) is 4.57. The third kappa shape index (κ3) is 3.83. The molecule has 0 aliphatic carbocycles. The van der Waals surface area contributed by atoms with E-state index in [0.29, 0.717) is 6.04 Å². The highest BCUT2D eigenvalue weighted by atomic mass is 16.5. The zero-order valence-electron chi connectivity index (χ0n) is 10.9.